The predicted molar refractivity (Wildman–Crippen MR) is 96.2 cm³/mol. The average Bonchev–Trinajstić information content (AvgIpc) is 2.96. The maximum absolute atomic E-state index is 12.2. The molecule has 6 heteroatoms. The van der Waals surface area contributed by atoms with Crippen LogP contribution in [-0.2, 0) is 18.9 Å². The molecule has 2 aromatic rings. The first kappa shape index (κ1) is 18.7. The Hall–Kier alpha value is -2.68. The number of hydrogen-bond donors (Lipinski definition) is 1. The molecule has 1 heterocycles. The van der Waals surface area contributed by atoms with Crippen molar-refractivity contribution >= 4 is 5.91 Å². The number of carbonyl (C=O) groups is 1. The molecule has 6 nitrogen and oxygen atoms in total. The molecule has 0 aliphatic rings. The first-order valence-electron chi connectivity index (χ1n) is 8.44. The molecule has 1 aromatic carbocycles. The van der Waals surface area contributed by atoms with E-state index in [1.54, 1.807) is 16.8 Å². The van der Waals surface area contributed by atoms with Gasteiger partial charge in [0.05, 0.1) is 11.5 Å². The van der Waals surface area contributed by atoms with Crippen molar-refractivity contribution in [3.63, 3.8) is 0 Å². The number of amides is 1. The highest BCUT2D eigenvalue weighted by molar-refractivity contribution is 5.94. The van der Waals surface area contributed by atoms with E-state index in [-0.39, 0.29) is 11.8 Å². The molecule has 0 bridgehead atoms. The highest BCUT2D eigenvalue weighted by Crippen LogP contribution is 2.22. The highest BCUT2D eigenvalue weighted by Gasteiger charge is 2.19. The second-order valence-corrected chi connectivity index (χ2v) is 6.98. The summed E-state index contributed by atoms with van der Waals surface area (Å²) < 4.78 is 1.76. The summed E-state index contributed by atoms with van der Waals surface area (Å²) in [5.41, 5.74) is 0.916. The topological polar surface area (TPSA) is 83.6 Å². The number of nitriles is 1. The van der Waals surface area contributed by atoms with Crippen molar-refractivity contribution in [3.8, 4) is 6.07 Å². The fourth-order valence-electron chi connectivity index (χ4n) is 2.39. The number of aromatic nitrogens is 3. The van der Waals surface area contributed by atoms with E-state index in [0.717, 1.165) is 17.2 Å². The lowest BCUT2D eigenvalue weighted by Crippen LogP contribution is -2.26. The van der Waals surface area contributed by atoms with E-state index in [9.17, 15) is 4.79 Å². The molecule has 0 fully saturated rings. The molecule has 25 heavy (non-hydrogen) atoms. The number of carbonyl (C=O) groups excluding carboxylic acids is 1. The van der Waals surface area contributed by atoms with Gasteiger partial charge in [-0.15, -0.1) is 0 Å². The first-order chi connectivity index (χ1) is 11.7. The van der Waals surface area contributed by atoms with Gasteiger partial charge in [0.15, 0.2) is 5.82 Å². The van der Waals surface area contributed by atoms with Crippen LogP contribution in [0.15, 0.2) is 24.3 Å². The summed E-state index contributed by atoms with van der Waals surface area (Å²) in [6.07, 6.45) is 0.626. The van der Waals surface area contributed by atoms with E-state index >= 15 is 0 Å². The summed E-state index contributed by atoms with van der Waals surface area (Å²) >= 11 is 0. The van der Waals surface area contributed by atoms with E-state index in [2.05, 4.69) is 35.3 Å². The predicted octanol–water partition coefficient (Wildman–Crippen LogP) is 2.71. The van der Waals surface area contributed by atoms with E-state index in [0.29, 0.717) is 18.5 Å². The third-order valence-electron chi connectivity index (χ3n) is 4.17. The third kappa shape index (κ3) is 4.44. The lowest BCUT2D eigenvalue weighted by atomic mass is 9.86. The van der Waals surface area contributed by atoms with Crippen molar-refractivity contribution in [2.45, 2.75) is 45.4 Å². The Morgan fingerprint density at radius 1 is 1.32 bits per heavy atom. The molecular weight excluding hydrogens is 314 g/mol. The molecule has 0 aliphatic carbocycles. The van der Waals surface area contributed by atoms with Crippen LogP contribution < -0.4 is 5.32 Å². The lowest BCUT2D eigenvalue weighted by Gasteiger charge is -2.15. The number of nitrogens with zero attached hydrogens (tertiary/aromatic N) is 4. The van der Waals surface area contributed by atoms with Gasteiger partial charge in [0, 0.05) is 31.5 Å². The van der Waals surface area contributed by atoms with Gasteiger partial charge in [-0.1, -0.05) is 26.0 Å². The van der Waals surface area contributed by atoms with Crippen LogP contribution in [0, 0.1) is 11.3 Å². The number of aryl methyl sites for hydroxylation is 1. The van der Waals surface area contributed by atoms with Gasteiger partial charge in [-0.2, -0.15) is 10.4 Å². The Morgan fingerprint density at radius 3 is 2.48 bits per heavy atom. The van der Waals surface area contributed by atoms with Crippen molar-refractivity contribution in [1.29, 1.82) is 5.26 Å². The van der Waals surface area contributed by atoms with E-state index in [1.807, 2.05) is 33.0 Å². The number of benzene rings is 1. The van der Waals surface area contributed by atoms with Crippen LogP contribution in [0.1, 0.15) is 61.2 Å². The second kappa shape index (κ2) is 7.47. The maximum Gasteiger partial charge on any atom is 0.251 e. The summed E-state index contributed by atoms with van der Waals surface area (Å²) in [6.45, 7) is 8.31. The van der Waals surface area contributed by atoms with Crippen molar-refractivity contribution in [3.05, 3.63) is 47.0 Å². The Bertz CT molecular complexity index is 781. The fraction of sp³-hybridized carbons (Fsp3) is 0.474. The summed E-state index contributed by atoms with van der Waals surface area (Å²) in [7, 11) is 1.87. The zero-order valence-electron chi connectivity index (χ0n) is 15.5. The zero-order valence-corrected chi connectivity index (χ0v) is 15.5. The fourth-order valence-corrected chi connectivity index (χ4v) is 2.39. The number of nitrogens with one attached hydrogen (secondary N) is 1. The molecule has 1 N–H and O–H groups in total. The Morgan fingerprint density at radius 2 is 1.96 bits per heavy atom. The van der Waals surface area contributed by atoms with Crippen molar-refractivity contribution < 1.29 is 4.79 Å². The molecule has 132 valence electrons. The zero-order chi connectivity index (χ0) is 18.6. The molecule has 0 spiro atoms. The summed E-state index contributed by atoms with van der Waals surface area (Å²) in [4.78, 5) is 16.7. The maximum atomic E-state index is 12.2. The van der Waals surface area contributed by atoms with Crippen LogP contribution in [0.25, 0.3) is 0 Å². The minimum absolute atomic E-state index is 0.132. The molecule has 0 radical (unpaired) electrons. The summed E-state index contributed by atoms with van der Waals surface area (Å²) in [5.74, 6) is 1.83. The van der Waals surface area contributed by atoms with Gasteiger partial charge in [-0.3, -0.25) is 9.48 Å². The first-order valence-corrected chi connectivity index (χ1v) is 8.44. The molecule has 0 saturated carbocycles. The number of rotatable bonds is 6. The van der Waals surface area contributed by atoms with Gasteiger partial charge < -0.3 is 5.32 Å². The van der Waals surface area contributed by atoms with Gasteiger partial charge in [0.25, 0.3) is 5.91 Å². The molecule has 0 saturated heterocycles. The Kier molecular flexibility index (Phi) is 5.58. The molecular formula is C19H25N5O. The SMILES string of the molecule is CC(C)c1nc(CCNC(=O)c2ccc(C(C)(C)C#N)cc2)n(C)n1. The summed E-state index contributed by atoms with van der Waals surface area (Å²) in [5, 5.41) is 16.4. The standard InChI is InChI=1S/C19H25N5O/c1-13(2)17-22-16(24(5)23-17)10-11-21-18(25)14-6-8-15(9-7-14)19(3,4)12-20/h6-9,13H,10-11H2,1-5H3,(H,21,25). The quantitative estimate of drug-likeness (QED) is 0.877. The van der Waals surface area contributed by atoms with Gasteiger partial charge >= 0.3 is 0 Å². The van der Waals surface area contributed by atoms with E-state index in [4.69, 9.17) is 5.26 Å². The summed E-state index contributed by atoms with van der Waals surface area (Å²) in [6, 6.07) is 9.42. The monoisotopic (exact) mass is 339 g/mol. The smallest absolute Gasteiger partial charge is 0.251 e. The molecule has 1 aromatic heterocycles. The van der Waals surface area contributed by atoms with Gasteiger partial charge in [-0.05, 0) is 31.5 Å². The van der Waals surface area contributed by atoms with Crippen LogP contribution in [0.5, 0.6) is 0 Å². The van der Waals surface area contributed by atoms with Gasteiger partial charge in [0.1, 0.15) is 5.82 Å². The Labute approximate surface area is 148 Å². The molecule has 0 unspecified atom stereocenters. The van der Waals surface area contributed by atoms with Crippen LogP contribution in [0.4, 0.5) is 0 Å². The Balaban J connectivity index is 1.94. The van der Waals surface area contributed by atoms with Gasteiger partial charge in [-0.25, -0.2) is 4.98 Å². The molecule has 2 rings (SSSR count). The van der Waals surface area contributed by atoms with Gasteiger partial charge in [0.2, 0.25) is 0 Å². The average molecular weight is 339 g/mol. The highest BCUT2D eigenvalue weighted by atomic mass is 16.1. The lowest BCUT2D eigenvalue weighted by molar-refractivity contribution is 0.0954. The van der Waals surface area contributed by atoms with Crippen molar-refractivity contribution in [1.82, 2.24) is 20.1 Å². The third-order valence-corrected chi connectivity index (χ3v) is 4.17. The van der Waals surface area contributed by atoms with Crippen molar-refractivity contribution in [2.24, 2.45) is 7.05 Å². The van der Waals surface area contributed by atoms with E-state index in [1.165, 1.54) is 0 Å². The second-order valence-electron chi connectivity index (χ2n) is 6.98. The van der Waals surface area contributed by atoms with Crippen LogP contribution in [0.2, 0.25) is 0 Å². The largest absolute Gasteiger partial charge is 0.352 e. The molecule has 0 aliphatic heterocycles. The van der Waals surface area contributed by atoms with Crippen LogP contribution in [-0.4, -0.2) is 27.2 Å². The van der Waals surface area contributed by atoms with Crippen molar-refractivity contribution in [2.75, 3.05) is 6.54 Å². The van der Waals surface area contributed by atoms with E-state index < -0.39 is 5.41 Å². The molecule has 0 atom stereocenters. The number of hydrogen-bond acceptors (Lipinski definition) is 4. The minimum atomic E-state index is -0.561. The minimum Gasteiger partial charge on any atom is -0.352 e. The van der Waals surface area contributed by atoms with Crippen LogP contribution >= 0.6 is 0 Å². The normalized spacial score (nSPS) is 11.4. The van der Waals surface area contributed by atoms with Crippen LogP contribution in [0.3, 0.4) is 0 Å². The molecule has 1 amide bonds.